The van der Waals surface area contributed by atoms with Crippen LogP contribution in [0.3, 0.4) is 0 Å². The molecular formula is C21H15N7OS. The summed E-state index contributed by atoms with van der Waals surface area (Å²) in [5.41, 5.74) is 1.39. The second-order valence-electron chi connectivity index (χ2n) is 6.31. The van der Waals surface area contributed by atoms with E-state index in [9.17, 15) is 4.79 Å². The molecule has 0 aliphatic heterocycles. The molecule has 0 fully saturated rings. The molecule has 0 aliphatic rings. The van der Waals surface area contributed by atoms with Gasteiger partial charge in [0, 0.05) is 12.4 Å². The third kappa shape index (κ3) is 3.49. The van der Waals surface area contributed by atoms with Crippen LogP contribution in [0, 0.1) is 0 Å². The number of rotatable bonds is 5. The fourth-order valence-corrected chi connectivity index (χ4v) is 3.62. The molecule has 5 rings (SSSR count). The molecular weight excluding hydrogens is 398 g/mol. The Balaban J connectivity index is 1.43. The van der Waals surface area contributed by atoms with Crippen LogP contribution in [0.1, 0.15) is 10.6 Å². The zero-order valence-corrected chi connectivity index (χ0v) is 16.4. The molecule has 1 N–H and O–H groups in total. The normalized spacial score (nSPS) is 10.8. The molecule has 0 saturated heterocycles. The standard InChI is InChI=1S/C21H15N7OS/c29-21(24-15-8-9-18(23-13-15)27-11-10-22-14-27)19-25-20(17-7-4-12-30-17)28(26-19)16-5-2-1-3-6-16/h1-14H,(H,24,29). The first-order chi connectivity index (χ1) is 14.8. The van der Waals surface area contributed by atoms with E-state index in [1.165, 1.54) is 0 Å². The van der Waals surface area contributed by atoms with Crippen molar-refractivity contribution in [3.8, 4) is 22.2 Å². The van der Waals surface area contributed by atoms with Gasteiger partial charge in [-0.25, -0.2) is 19.6 Å². The summed E-state index contributed by atoms with van der Waals surface area (Å²) in [6.45, 7) is 0. The fraction of sp³-hybridized carbons (Fsp3) is 0. The number of hydrogen-bond donors (Lipinski definition) is 1. The van der Waals surface area contributed by atoms with Gasteiger partial charge in [0.15, 0.2) is 5.82 Å². The van der Waals surface area contributed by atoms with E-state index in [-0.39, 0.29) is 5.82 Å². The van der Waals surface area contributed by atoms with E-state index in [4.69, 9.17) is 0 Å². The van der Waals surface area contributed by atoms with Crippen molar-refractivity contribution in [1.82, 2.24) is 29.3 Å². The van der Waals surface area contributed by atoms with Crippen LogP contribution in [0.25, 0.3) is 22.2 Å². The largest absolute Gasteiger partial charge is 0.318 e. The average Bonchev–Trinajstić information content (AvgIpc) is 3.56. The molecule has 0 saturated carbocycles. The minimum atomic E-state index is -0.403. The molecule has 8 nitrogen and oxygen atoms in total. The van der Waals surface area contributed by atoms with Gasteiger partial charge < -0.3 is 5.32 Å². The number of nitrogens with one attached hydrogen (secondary N) is 1. The van der Waals surface area contributed by atoms with Crippen LogP contribution in [0.2, 0.25) is 0 Å². The van der Waals surface area contributed by atoms with Crippen LogP contribution < -0.4 is 5.32 Å². The molecule has 0 aliphatic carbocycles. The predicted molar refractivity (Wildman–Crippen MR) is 114 cm³/mol. The number of amides is 1. The molecule has 4 heterocycles. The van der Waals surface area contributed by atoms with Crippen molar-refractivity contribution in [1.29, 1.82) is 0 Å². The zero-order valence-electron chi connectivity index (χ0n) is 15.6. The molecule has 5 aromatic rings. The highest BCUT2D eigenvalue weighted by molar-refractivity contribution is 7.13. The van der Waals surface area contributed by atoms with E-state index >= 15 is 0 Å². The predicted octanol–water partition coefficient (Wildman–Crippen LogP) is 3.83. The molecule has 1 aromatic carbocycles. The van der Waals surface area contributed by atoms with E-state index in [2.05, 4.69) is 25.4 Å². The van der Waals surface area contributed by atoms with Crippen molar-refractivity contribution in [2.45, 2.75) is 0 Å². The maximum Gasteiger partial charge on any atom is 0.295 e. The number of anilines is 1. The van der Waals surface area contributed by atoms with Gasteiger partial charge in [-0.2, -0.15) is 0 Å². The molecule has 0 radical (unpaired) electrons. The summed E-state index contributed by atoms with van der Waals surface area (Å²) in [7, 11) is 0. The zero-order chi connectivity index (χ0) is 20.3. The van der Waals surface area contributed by atoms with E-state index in [0.29, 0.717) is 17.3 Å². The van der Waals surface area contributed by atoms with Crippen LogP contribution >= 0.6 is 11.3 Å². The molecule has 146 valence electrons. The Morgan fingerprint density at radius 1 is 1.03 bits per heavy atom. The summed E-state index contributed by atoms with van der Waals surface area (Å²) in [4.78, 5) is 26.6. The number of benzene rings is 1. The lowest BCUT2D eigenvalue weighted by atomic mass is 10.3. The molecule has 30 heavy (non-hydrogen) atoms. The lowest BCUT2D eigenvalue weighted by Gasteiger charge is -2.04. The lowest BCUT2D eigenvalue weighted by molar-refractivity contribution is 0.101. The number of thiophene rings is 1. The first-order valence-corrected chi connectivity index (χ1v) is 9.98. The van der Waals surface area contributed by atoms with Gasteiger partial charge in [-0.3, -0.25) is 9.36 Å². The average molecular weight is 413 g/mol. The third-order valence-electron chi connectivity index (χ3n) is 4.33. The van der Waals surface area contributed by atoms with Gasteiger partial charge in [0.25, 0.3) is 5.91 Å². The number of hydrogen-bond acceptors (Lipinski definition) is 6. The number of carbonyl (C=O) groups excluding carboxylic acids is 1. The summed E-state index contributed by atoms with van der Waals surface area (Å²) in [5.74, 6) is 1.01. The number of aromatic nitrogens is 6. The quantitative estimate of drug-likeness (QED) is 0.473. The Hall–Kier alpha value is -4.11. The van der Waals surface area contributed by atoms with E-state index < -0.39 is 5.91 Å². The fourth-order valence-electron chi connectivity index (χ4n) is 2.92. The molecule has 1 amide bonds. The Labute approximate surface area is 175 Å². The molecule has 0 atom stereocenters. The van der Waals surface area contributed by atoms with Gasteiger partial charge in [-0.05, 0) is 35.7 Å². The Morgan fingerprint density at radius 3 is 2.63 bits per heavy atom. The summed E-state index contributed by atoms with van der Waals surface area (Å²) >= 11 is 1.54. The topological polar surface area (TPSA) is 90.5 Å². The monoisotopic (exact) mass is 413 g/mol. The Bertz CT molecular complexity index is 1260. The van der Waals surface area contributed by atoms with Crippen molar-refractivity contribution in [2.24, 2.45) is 0 Å². The van der Waals surface area contributed by atoms with Crippen molar-refractivity contribution in [3.05, 3.63) is 90.7 Å². The Kier molecular flexibility index (Phi) is 4.62. The minimum Gasteiger partial charge on any atom is -0.318 e. The number of carbonyl (C=O) groups is 1. The lowest BCUT2D eigenvalue weighted by Crippen LogP contribution is -2.14. The first kappa shape index (κ1) is 18.0. The second-order valence-corrected chi connectivity index (χ2v) is 7.26. The summed E-state index contributed by atoms with van der Waals surface area (Å²) in [5, 5.41) is 9.23. The SMILES string of the molecule is O=C(Nc1ccc(-n2ccnc2)nc1)c1nc(-c2cccs2)n(-c2ccccc2)n1. The van der Waals surface area contributed by atoms with Gasteiger partial charge in [-0.1, -0.05) is 24.3 Å². The molecule has 4 aromatic heterocycles. The van der Waals surface area contributed by atoms with Crippen molar-refractivity contribution < 1.29 is 4.79 Å². The smallest absolute Gasteiger partial charge is 0.295 e. The van der Waals surface area contributed by atoms with Crippen molar-refractivity contribution in [3.63, 3.8) is 0 Å². The number of imidazole rings is 1. The molecule has 0 bridgehead atoms. The summed E-state index contributed by atoms with van der Waals surface area (Å²) in [6, 6.07) is 17.1. The Morgan fingerprint density at radius 2 is 1.93 bits per heavy atom. The summed E-state index contributed by atoms with van der Waals surface area (Å²) < 4.78 is 3.46. The van der Waals surface area contributed by atoms with Crippen molar-refractivity contribution in [2.75, 3.05) is 5.32 Å². The molecule has 9 heteroatoms. The molecule has 0 spiro atoms. The first-order valence-electron chi connectivity index (χ1n) is 9.10. The summed E-state index contributed by atoms with van der Waals surface area (Å²) in [6.07, 6.45) is 6.72. The van der Waals surface area contributed by atoms with Crippen LogP contribution in [-0.2, 0) is 0 Å². The molecule has 0 unspecified atom stereocenters. The van der Waals surface area contributed by atoms with Gasteiger partial charge in [-0.15, -0.1) is 16.4 Å². The number of nitrogens with zero attached hydrogens (tertiary/aromatic N) is 6. The van der Waals surface area contributed by atoms with Crippen LogP contribution in [0.5, 0.6) is 0 Å². The third-order valence-corrected chi connectivity index (χ3v) is 5.19. The maximum atomic E-state index is 12.8. The maximum absolute atomic E-state index is 12.8. The minimum absolute atomic E-state index is 0.0842. The van der Waals surface area contributed by atoms with Gasteiger partial charge in [0.2, 0.25) is 5.82 Å². The van der Waals surface area contributed by atoms with E-state index in [1.54, 1.807) is 57.6 Å². The second kappa shape index (κ2) is 7.72. The van der Waals surface area contributed by atoms with Crippen molar-refractivity contribution >= 4 is 22.9 Å². The highest BCUT2D eigenvalue weighted by Crippen LogP contribution is 2.25. The van der Waals surface area contributed by atoms with Crippen LogP contribution in [0.15, 0.2) is 84.9 Å². The van der Waals surface area contributed by atoms with Crippen LogP contribution in [0.4, 0.5) is 5.69 Å². The highest BCUT2D eigenvalue weighted by atomic mass is 32.1. The number of pyridine rings is 1. The number of para-hydroxylation sites is 1. The van der Waals surface area contributed by atoms with Gasteiger partial charge in [0.05, 0.1) is 22.4 Å². The highest BCUT2D eigenvalue weighted by Gasteiger charge is 2.19. The van der Waals surface area contributed by atoms with Gasteiger partial charge in [0.1, 0.15) is 12.1 Å². The van der Waals surface area contributed by atoms with Crippen LogP contribution in [-0.4, -0.2) is 35.2 Å². The van der Waals surface area contributed by atoms with Gasteiger partial charge >= 0.3 is 0 Å². The van der Waals surface area contributed by atoms with E-state index in [0.717, 1.165) is 10.6 Å². The van der Waals surface area contributed by atoms with E-state index in [1.807, 2.05) is 47.8 Å².